The molecule has 1 aromatic carbocycles. The molecule has 0 atom stereocenters. The Hall–Kier alpha value is -1.84. The maximum Gasteiger partial charge on any atom is 0.305 e. The number of rotatable bonds is 7. The first-order valence-corrected chi connectivity index (χ1v) is 7.38. The molecule has 0 saturated carbocycles. The Morgan fingerprint density at radius 2 is 1.67 bits per heavy atom. The van der Waals surface area contributed by atoms with Gasteiger partial charge in [0.1, 0.15) is 0 Å². The van der Waals surface area contributed by atoms with Gasteiger partial charge in [-0.1, -0.05) is 29.3 Å². The highest BCUT2D eigenvalue weighted by molar-refractivity contribution is 5.77. The van der Waals surface area contributed by atoms with E-state index in [0.29, 0.717) is 12.8 Å². The first kappa shape index (κ1) is 17.2. The summed E-state index contributed by atoms with van der Waals surface area (Å²) in [4.78, 5) is 24.6. The molecule has 21 heavy (non-hydrogen) atoms. The van der Waals surface area contributed by atoms with Gasteiger partial charge in [-0.25, -0.2) is 0 Å². The van der Waals surface area contributed by atoms with Crippen molar-refractivity contribution in [3.8, 4) is 0 Å². The lowest BCUT2D eigenvalue weighted by molar-refractivity contribution is -0.139. The second kappa shape index (κ2) is 7.81. The fourth-order valence-electron chi connectivity index (χ4n) is 2.50. The van der Waals surface area contributed by atoms with Crippen molar-refractivity contribution in [2.24, 2.45) is 0 Å². The van der Waals surface area contributed by atoms with Gasteiger partial charge < -0.3 is 10.0 Å². The number of nitrogens with zero attached hydrogens (tertiary/aromatic N) is 1. The third kappa shape index (κ3) is 5.98. The van der Waals surface area contributed by atoms with E-state index in [4.69, 9.17) is 5.11 Å². The van der Waals surface area contributed by atoms with Gasteiger partial charge in [-0.05, 0) is 39.7 Å². The molecule has 1 rings (SSSR count). The molecule has 0 aromatic heterocycles. The van der Waals surface area contributed by atoms with Gasteiger partial charge in [-0.3, -0.25) is 9.59 Å². The summed E-state index contributed by atoms with van der Waals surface area (Å²) in [6, 6.07) is 6.32. The van der Waals surface area contributed by atoms with Crippen LogP contribution in [-0.4, -0.2) is 34.5 Å². The topological polar surface area (TPSA) is 57.6 Å². The molecule has 0 aliphatic heterocycles. The van der Waals surface area contributed by atoms with Crippen LogP contribution in [0.1, 0.15) is 43.4 Å². The van der Waals surface area contributed by atoms with Crippen molar-refractivity contribution in [2.45, 2.75) is 53.0 Å². The van der Waals surface area contributed by atoms with Crippen LogP contribution >= 0.6 is 0 Å². The van der Waals surface area contributed by atoms with E-state index in [1.807, 2.05) is 27.7 Å². The monoisotopic (exact) mass is 291 g/mol. The number of carbonyl (C=O) groups excluding carboxylic acids is 1. The molecule has 1 N–H and O–H groups in total. The normalized spacial score (nSPS) is 10.7. The van der Waals surface area contributed by atoms with E-state index in [-0.39, 0.29) is 24.9 Å². The van der Waals surface area contributed by atoms with E-state index >= 15 is 0 Å². The molecule has 0 fully saturated rings. The number of carbonyl (C=O) groups is 2. The first-order valence-electron chi connectivity index (χ1n) is 7.38. The molecule has 0 bridgehead atoms. The second-order valence-electron chi connectivity index (χ2n) is 5.82. The molecule has 0 unspecified atom stereocenters. The van der Waals surface area contributed by atoms with Crippen LogP contribution in [-0.2, 0) is 16.0 Å². The Balaban J connectivity index is 2.62. The molecule has 1 aromatic rings. The molecule has 0 radical (unpaired) electrons. The number of hydrogen-bond donors (Lipinski definition) is 1. The Bertz CT molecular complexity index is 489. The SMILES string of the molecule is Cc1cc(C)cc(CCC(=O)N(CCC(=O)O)C(C)C)c1. The molecule has 1 amide bonds. The van der Waals surface area contributed by atoms with Crippen LogP contribution in [0.3, 0.4) is 0 Å². The third-order valence-electron chi connectivity index (χ3n) is 3.42. The summed E-state index contributed by atoms with van der Waals surface area (Å²) in [6.45, 7) is 8.20. The zero-order valence-corrected chi connectivity index (χ0v) is 13.3. The van der Waals surface area contributed by atoms with Crippen molar-refractivity contribution in [3.63, 3.8) is 0 Å². The smallest absolute Gasteiger partial charge is 0.305 e. The summed E-state index contributed by atoms with van der Waals surface area (Å²) in [6.07, 6.45) is 1.10. The van der Waals surface area contributed by atoms with Gasteiger partial charge in [0.15, 0.2) is 0 Å². The molecule has 0 heterocycles. The number of amides is 1. The third-order valence-corrected chi connectivity index (χ3v) is 3.42. The zero-order chi connectivity index (χ0) is 16.0. The maximum atomic E-state index is 12.3. The number of benzene rings is 1. The van der Waals surface area contributed by atoms with E-state index in [1.165, 1.54) is 11.1 Å². The standard InChI is InChI=1S/C17H25NO3/c1-12(2)18(8-7-17(20)21)16(19)6-5-15-10-13(3)9-14(4)11-15/h9-12H,5-8H2,1-4H3,(H,20,21). The fraction of sp³-hybridized carbons (Fsp3) is 0.529. The summed E-state index contributed by atoms with van der Waals surface area (Å²) in [7, 11) is 0. The maximum absolute atomic E-state index is 12.3. The van der Waals surface area contributed by atoms with Crippen molar-refractivity contribution < 1.29 is 14.7 Å². The fourth-order valence-corrected chi connectivity index (χ4v) is 2.50. The second-order valence-corrected chi connectivity index (χ2v) is 5.82. The van der Waals surface area contributed by atoms with Gasteiger partial charge in [0.2, 0.25) is 5.91 Å². The minimum atomic E-state index is -0.872. The quantitative estimate of drug-likeness (QED) is 0.840. The van der Waals surface area contributed by atoms with E-state index < -0.39 is 5.97 Å². The van der Waals surface area contributed by atoms with Crippen LogP contribution in [0, 0.1) is 13.8 Å². The van der Waals surface area contributed by atoms with Crippen LogP contribution < -0.4 is 0 Å². The van der Waals surface area contributed by atoms with E-state index in [1.54, 1.807) is 4.90 Å². The Kier molecular flexibility index (Phi) is 6.40. The molecule has 0 saturated heterocycles. The minimum Gasteiger partial charge on any atom is -0.481 e. The van der Waals surface area contributed by atoms with Crippen molar-refractivity contribution in [2.75, 3.05) is 6.54 Å². The predicted molar refractivity (Wildman–Crippen MR) is 83.3 cm³/mol. The van der Waals surface area contributed by atoms with Crippen LogP contribution in [0.15, 0.2) is 18.2 Å². The highest BCUT2D eigenvalue weighted by Gasteiger charge is 2.17. The molecular formula is C17H25NO3. The number of aryl methyl sites for hydroxylation is 3. The van der Waals surface area contributed by atoms with E-state index in [0.717, 1.165) is 5.56 Å². The van der Waals surface area contributed by atoms with Crippen LogP contribution in [0.5, 0.6) is 0 Å². The first-order chi connectivity index (χ1) is 9.79. The van der Waals surface area contributed by atoms with Crippen molar-refractivity contribution >= 4 is 11.9 Å². The van der Waals surface area contributed by atoms with E-state index in [2.05, 4.69) is 18.2 Å². The molecule has 0 spiro atoms. The van der Waals surface area contributed by atoms with Gasteiger partial charge >= 0.3 is 5.97 Å². The summed E-state index contributed by atoms with van der Waals surface area (Å²) in [5, 5.41) is 8.76. The number of carboxylic acid groups (broad SMARTS) is 1. The summed E-state index contributed by atoms with van der Waals surface area (Å²) in [5.74, 6) is -0.854. The van der Waals surface area contributed by atoms with Crippen LogP contribution in [0.4, 0.5) is 0 Å². The van der Waals surface area contributed by atoms with E-state index in [9.17, 15) is 9.59 Å². The highest BCUT2D eigenvalue weighted by Crippen LogP contribution is 2.12. The van der Waals surface area contributed by atoms with Gasteiger partial charge in [-0.15, -0.1) is 0 Å². The number of hydrogen-bond acceptors (Lipinski definition) is 2. The summed E-state index contributed by atoms with van der Waals surface area (Å²) >= 11 is 0. The minimum absolute atomic E-state index is 0.00647. The lowest BCUT2D eigenvalue weighted by Gasteiger charge is -2.26. The molecule has 4 heteroatoms. The van der Waals surface area contributed by atoms with Crippen molar-refractivity contribution in [1.29, 1.82) is 0 Å². The Labute approximate surface area is 126 Å². The molecule has 4 nitrogen and oxygen atoms in total. The van der Waals surface area contributed by atoms with Gasteiger partial charge in [-0.2, -0.15) is 0 Å². The zero-order valence-electron chi connectivity index (χ0n) is 13.3. The Morgan fingerprint density at radius 1 is 1.10 bits per heavy atom. The van der Waals surface area contributed by atoms with Crippen LogP contribution in [0.2, 0.25) is 0 Å². The average molecular weight is 291 g/mol. The molecular weight excluding hydrogens is 266 g/mol. The van der Waals surface area contributed by atoms with Gasteiger partial charge in [0.25, 0.3) is 0 Å². The summed E-state index contributed by atoms with van der Waals surface area (Å²) in [5.41, 5.74) is 3.55. The molecule has 0 aliphatic carbocycles. The molecule has 116 valence electrons. The van der Waals surface area contributed by atoms with Crippen LogP contribution in [0.25, 0.3) is 0 Å². The lowest BCUT2D eigenvalue weighted by Crippen LogP contribution is -2.38. The van der Waals surface area contributed by atoms with Crippen molar-refractivity contribution in [1.82, 2.24) is 4.90 Å². The van der Waals surface area contributed by atoms with Crippen molar-refractivity contribution in [3.05, 3.63) is 34.9 Å². The predicted octanol–water partition coefficient (Wildman–Crippen LogP) is 2.95. The highest BCUT2D eigenvalue weighted by atomic mass is 16.4. The average Bonchev–Trinajstić information content (AvgIpc) is 2.34. The molecule has 0 aliphatic rings. The summed E-state index contributed by atoms with van der Waals surface area (Å²) < 4.78 is 0. The number of carboxylic acids is 1. The Morgan fingerprint density at radius 3 is 2.14 bits per heavy atom. The number of aliphatic carboxylic acids is 1. The lowest BCUT2D eigenvalue weighted by atomic mass is 10.0. The van der Waals surface area contributed by atoms with Gasteiger partial charge in [0, 0.05) is 19.0 Å². The largest absolute Gasteiger partial charge is 0.481 e. The van der Waals surface area contributed by atoms with Gasteiger partial charge in [0.05, 0.1) is 6.42 Å².